The maximum atomic E-state index is 12.2. The van der Waals surface area contributed by atoms with Crippen LogP contribution in [0.5, 0.6) is 5.75 Å². The highest BCUT2D eigenvalue weighted by Gasteiger charge is 2.13. The van der Waals surface area contributed by atoms with E-state index in [1.54, 1.807) is 30.3 Å². The van der Waals surface area contributed by atoms with Crippen LogP contribution >= 0.6 is 11.6 Å². The molecule has 0 radical (unpaired) electrons. The number of carbonyl (C=O) groups is 2. The van der Waals surface area contributed by atoms with Crippen LogP contribution in [-0.2, 0) is 14.3 Å². The third kappa shape index (κ3) is 6.69. The number of hydrogen-bond donors (Lipinski definition) is 1. The smallest absolute Gasteiger partial charge is 0.354 e. The van der Waals surface area contributed by atoms with Crippen LogP contribution in [0.4, 0.5) is 0 Å². The Morgan fingerprint density at radius 2 is 1.84 bits per heavy atom. The number of esters is 1. The van der Waals surface area contributed by atoms with Crippen LogP contribution in [-0.4, -0.2) is 25.1 Å². The first kappa shape index (κ1) is 18.5. The minimum atomic E-state index is -0.631. The van der Waals surface area contributed by atoms with E-state index in [9.17, 15) is 9.59 Å². The molecule has 130 valence electrons. The lowest BCUT2D eigenvalue weighted by atomic mass is 10.2. The Morgan fingerprint density at radius 1 is 1.08 bits per heavy atom. The summed E-state index contributed by atoms with van der Waals surface area (Å²) in [6.45, 7) is 1.54. The first-order valence-electron chi connectivity index (χ1n) is 7.64. The van der Waals surface area contributed by atoms with Crippen molar-refractivity contribution in [2.24, 2.45) is 0 Å². The Kier molecular flexibility index (Phi) is 7.04. The van der Waals surface area contributed by atoms with Crippen molar-refractivity contribution in [3.8, 4) is 5.75 Å². The minimum absolute atomic E-state index is 0.0388. The number of carbonyl (C=O) groups excluding carboxylic acids is 2. The lowest BCUT2D eigenvalue weighted by Gasteiger charge is -2.10. The van der Waals surface area contributed by atoms with E-state index in [1.807, 2.05) is 30.3 Å². The third-order valence-corrected chi connectivity index (χ3v) is 3.26. The second-order valence-electron chi connectivity index (χ2n) is 5.09. The fourth-order valence-corrected chi connectivity index (χ4v) is 2.16. The van der Waals surface area contributed by atoms with Gasteiger partial charge in [-0.25, -0.2) is 4.79 Å². The second kappa shape index (κ2) is 9.49. The molecule has 0 heterocycles. The molecular formula is C19H18ClNO4. The molecule has 0 fully saturated rings. The molecule has 0 spiro atoms. The first-order valence-corrected chi connectivity index (χ1v) is 8.02. The van der Waals surface area contributed by atoms with Crippen molar-refractivity contribution in [2.45, 2.75) is 6.92 Å². The molecule has 0 aliphatic carbocycles. The van der Waals surface area contributed by atoms with Gasteiger partial charge >= 0.3 is 5.97 Å². The van der Waals surface area contributed by atoms with E-state index in [-0.39, 0.29) is 24.8 Å². The molecule has 6 heteroatoms. The van der Waals surface area contributed by atoms with Crippen molar-refractivity contribution in [3.05, 3.63) is 70.9 Å². The van der Waals surface area contributed by atoms with Crippen molar-refractivity contribution in [1.82, 2.24) is 5.32 Å². The topological polar surface area (TPSA) is 64.6 Å². The predicted molar refractivity (Wildman–Crippen MR) is 96.1 cm³/mol. The Morgan fingerprint density at radius 3 is 2.52 bits per heavy atom. The Hall–Kier alpha value is -2.79. The number of hydrogen-bond acceptors (Lipinski definition) is 4. The highest BCUT2D eigenvalue weighted by atomic mass is 35.5. The van der Waals surface area contributed by atoms with Gasteiger partial charge in [0, 0.05) is 11.9 Å². The fourth-order valence-electron chi connectivity index (χ4n) is 1.98. The van der Waals surface area contributed by atoms with E-state index in [0.717, 1.165) is 5.56 Å². The van der Waals surface area contributed by atoms with Gasteiger partial charge in [0.05, 0.1) is 0 Å². The highest BCUT2D eigenvalue weighted by molar-refractivity contribution is 6.30. The summed E-state index contributed by atoms with van der Waals surface area (Å²) >= 11 is 5.86. The summed E-state index contributed by atoms with van der Waals surface area (Å²) in [6.07, 6.45) is 1.56. The van der Waals surface area contributed by atoms with Gasteiger partial charge in [-0.3, -0.25) is 4.79 Å². The zero-order valence-corrected chi connectivity index (χ0v) is 14.5. The molecule has 0 bridgehead atoms. The van der Waals surface area contributed by atoms with Crippen molar-refractivity contribution in [1.29, 1.82) is 0 Å². The predicted octanol–water partition coefficient (Wildman–Crippen LogP) is 3.44. The first-order chi connectivity index (χ1) is 12.0. The third-order valence-electron chi connectivity index (χ3n) is 3.02. The molecule has 1 N–H and O–H groups in total. The Bertz CT molecular complexity index is 759. The normalized spacial score (nSPS) is 10.9. The SMILES string of the molecule is CC(=O)N/C(=C\c1ccccc1)C(=O)OCCOc1cccc(Cl)c1. The molecule has 1 amide bonds. The molecule has 0 unspecified atom stereocenters. The molecule has 25 heavy (non-hydrogen) atoms. The standard InChI is InChI=1S/C19H18ClNO4/c1-14(22)21-18(12-15-6-3-2-4-7-15)19(23)25-11-10-24-17-9-5-8-16(20)13-17/h2-9,12-13H,10-11H2,1H3,(H,21,22)/b18-12-. The molecule has 0 saturated heterocycles. The summed E-state index contributed by atoms with van der Waals surface area (Å²) in [5.41, 5.74) is 0.847. The molecule has 2 aromatic rings. The lowest BCUT2D eigenvalue weighted by molar-refractivity contribution is -0.141. The molecule has 5 nitrogen and oxygen atoms in total. The van der Waals surface area contributed by atoms with Gasteiger partial charge in [0.15, 0.2) is 0 Å². The van der Waals surface area contributed by atoms with Crippen LogP contribution in [0, 0.1) is 0 Å². The molecule has 2 aromatic carbocycles. The molecule has 0 aromatic heterocycles. The maximum Gasteiger partial charge on any atom is 0.354 e. The van der Waals surface area contributed by atoms with Gasteiger partial charge in [-0.1, -0.05) is 48.0 Å². The lowest BCUT2D eigenvalue weighted by Crippen LogP contribution is -2.27. The van der Waals surface area contributed by atoms with E-state index in [4.69, 9.17) is 21.1 Å². The minimum Gasteiger partial charge on any atom is -0.490 e. The zero-order valence-electron chi connectivity index (χ0n) is 13.7. The zero-order chi connectivity index (χ0) is 18.1. The second-order valence-corrected chi connectivity index (χ2v) is 5.53. The average molecular weight is 360 g/mol. The summed E-state index contributed by atoms with van der Waals surface area (Å²) in [4.78, 5) is 23.5. The van der Waals surface area contributed by atoms with Gasteiger partial charge in [-0.2, -0.15) is 0 Å². The molecule has 0 aliphatic rings. The number of benzene rings is 2. The van der Waals surface area contributed by atoms with E-state index in [1.165, 1.54) is 6.92 Å². The number of amides is 1. The largest absolute Gasteiger partial charge is 0.490 e. The number of ether oxygens (including phenoxy) is 2. The van der Waals surface area contributed by atoms with E-state index >= 15 is 0 Å². The van der Waals surface area contributed by atoms with Crippen LogP contribution in [0.15, 0.2) is 60.3 Å². The van der Waals surface area contributed by atoms with Gasteiger partial charge in [-0.05, 0) is 29.8 Å². The van der Waals surface area contributed by atoms with Crippen LogP contribution in [0.25, 0.3) is 6.08 Å². The van der Waals surface area contributed by atoms with Crippen molar-refractivity contribution in [3.63, 3.8) is 0 Å². The quantitative estimate of drug-likeness (QED) is 0.467. The summed E-state index contributed by atoms with van der Waals surface area (Å²) < 4.78 is 10.6. The fraction of sp³-hybridized carbons (Fsp3) is 0.158. The van der Waals surface area contributed by atoms with Gasteiger partial charge in [0.1, 0.15) is 24.7 Å². The number of nitrogens with one attached hydrogen (secondary N) is 1. The maximum absolute atomic E-state index is 12.2. The van der Waals surface area contributed by atoms with Crippen molar-refractivity contribution < 1.29 is 19.1 Å². The van der Waals surface area contributed by atoms with Crippen LogP contribution in [0.3, 0.4) is 0 Å². The molecule has 2 rings (SSSR count). The molecule has 0 saturated carbocycles. The summed E-state index contributed by atoms with van der Waals surface area (Å²) in [6, 6.07) is 16.1. The molecule has 0 aliphatic heterocycles. The monoisotopic (exact) mass is 359 g/mol. The van der Waals surface area contributed by atoms with Gasteiger partial charge < -0.3 is 14.8 Å². The summed E-state index contributed by atoms with van der Waals surface area (Å²) in [5.74, 6) is -0.395. The Balaban J connectivity index is 1.91. The van der Waals surface area contributed by atoms with Crippen molar-refractivity contribution in [2.75, 3.05) is 13.2 Å². The van der Waals surface area contributed by atoms with Crippen molar-refractivity contribution >= 4 is 29.6 Å². The van der Waals surface area contributed by atoms with Gasteiger partial charge in [0.2, 0.25) is 5.91 Å². The Labute approximate surface area is 151 Å². The van der Waals surface area contributed by atoms with Gasteiger partial charge in [-0.15, -0.1) is 0 Å². The van der Waals surface area contributed by atoms with E-state index in [2.05, 4.69) is 5.32 Å². The molecular weight excluding hydrogens is 342 g/mol. The molecule has 0 atom stereocenters. The van der Waals surface area contributed by atoms with Crippen LogP contribution in [0.1, 0.15) is 12.5 Å². The van der Waals surface area contributed by atoms with Crippen LogP contribution in [0.2, 0.25) is 5.02 Å². The van der Waals surface area contributed by atoms with E-state index < -0.39 is 5.97 Å². The van der Waals surface area contributed by atoms with E-state index in [0.29, 0.717) is 10.8 Å². The summed E-state index contributed by atoms with van der Waals surface area (Å²) in [7, 11) is 0. The van der Waals surface area contributed by atoms with Crippen LogP contribution < -0.4 is 10.1 Å². The number of rotatable bonds is 7. The average Bonchev–Trinajstić information content (AvgIpc) is 2.58. The highest BCUT2D eigenvalue weighted by Crippen LogP contribution is 2.16. The number of halogens is 1. The summed E-state index contributed by atoms with van der Waals surface area (Å²) in [5, 5.41) is 3.05. The van der Waals surface area contributed by atoms with Gasteiger partial charge in [0.25, 0.3) is 0 Å².